The lowest BCUT2D eigenvalue weighted by Gasteiger charge is -2.26. The summed E-state index contributed by atoms with van der Waals surface area (Å²) in [6, 6.07) is 8.22. The minimum Gasteiger partial charge on any atom is -0.481 e. The Balaban J connectivity index is 1.52. The molecule has 0 bridgehead atoms. The first kappa shape index (κ1) is 17.8. The van der Waals surface area contributed by atoms with E-state index in [0.717, 1.165) is 36.2 Å². The number of amides is 1. The van der Waals surface area contributed by atoms with Gasteiger partial charge >= 0.3 is 5.97 Å². The summed E-state index contributed by atoms with van der Waals surface area (Å²) in [7, 11) is 0. The summed E-state index contributed by atoms with van der Waals surface area (Å²) in [5.41, 5.74) is 4.91. The second-order valence-corrected chi connectivity index (χ2v) is 7.74. The van der Waals surface area contributed by atoms with E-state index in [2.05, 4.69) is 29.5 Å². The van der Waals surface area contributed by atoms with Crippen LogP contribution in [0.3, 0.4) is 0 Å². The molecule has 2 aromatic rings. The summed E-state index contributed by atoms with van der Waals surface area (Å²) >= 11 is 0. The van der Waals surface area contributed by atoms with Crippen LogP contribution >= 0.6 is 0 Å². The number of hydrogen-bond donors (Lipinski definition) is 2. The highest BCUT2D eigenvalue weighted by Gasteiger charge is 2.30. The van der Waals surface area contributed by atoms with E-state index in [0.29, 0.717) is 31.4 Å². The number of fused-ring (bicyclic) bond motifs is 1. The fourth-order valence-electron chi connectivity index (χ4n) is 4.26. The molecule has 0 unspecified atom stereocenters. The Kier molecular flexibility index (Phi) is 4.72. The third-order valence-corrected chi connectivity index (χ3v) is 5.84. The Bertz CT molecular complexity index is 862. The normalized spacial score (nSPS) is 21.7. The molecule has 142 valence electrons. The standard InChI is InChI=1S/C21H25N3O3/c1-13-5-11-16(12-6-13)24-18-4-2-3-17(18)19(23-24)20(25)22-15-9-7-14(8-10-15)21(26)27/h5-6,11-12,14-15H,2-4,7-10H2,1H3,(H,22,25)(H,26,27). The van der Waals surface area contributed by atoms with Gasteiger partial charge in [0.1, 0.15) is 0 Å². The third-order valence-electron chi connectivity index (χ3n) is 5.84. The van der Waals surface area contributed by atoms with Crippen molar-refractivity contribution in [3.8, 4) is 5.69 Å². The minimum absolute atomic E-state index is 0.0367. The molecule has 2 N–H and O–H groups in total. The number of nitrogens with zero attached hydrogens (tertiary/aromatic N) is 2. The van der Waals surface area contributed by atoms with Gasteiger partial charge in [0, 0.05) is 17.3 Å². The van der Waals surface area contributed by atoms with Gasteiger partial charge in [-0.1, -0.05) is 17.7 Å². The topological polar surface area (TPSA) is 84.2 Å². The molecule has 0 spiro atoms. The number of aromatic nitrogens is 2. The highest BCUT2D eigenvalue weighted by molar-refractivity contribution is 5.94. The molecule has 2 aliphatic rings. The van der Waals surface area contributed by atoms with Crippen molar-refractivity contribution in [2.45, 2.75) is 57.9 Å². The van der Waals surface area contributed by atoms with Gasteiger partial charge in [0.25, 0.3) is 5.91 Å². The number of rotatable bonds is 4. The summed E-state index contributed by atoms with van der Waals surface area (Å²) in [4.78, 5) is 24.0. The van der Waals surface area contributed by atoms with Crippen molar-refractivity contribution in [1.82, 2.24) is 15.1 Å². The van der Waals surface area contributed by atoms with E-state index in [1.165, 1.54) is 5.56 Å². The molecule has 0 aliphatic heterocycles. The Hall–Kier alpha value is -2.63. The maximum atomic E-state index is 12.9. The van der Waals surface area contributed by atoms with Gasteiger partial charge in [-0.3, -0.25) is 9.59 Å². The Morgan fingerprint density at radius 2 is 1.81 bits per heavy atom. The SMILES string of the molecule is Cc1ccc(-n2nc(C(=O)NC3CCC(C(=O)O)CC3)c3c2CCC3)cc1. The minimum atomic E-state index is -0.727. The number of hydrogen-bond acceptors (Lipinski definition) is 3. The molecule has 0 saturated heterocycles. The summed E-state index contributed by atoms with van der Waals surface area (Å²) in [5, 5.41) is 16.9. The molecule has 1 aromatic heterocycles. The van der Waals surface area contributed by atoms with Gasteiger partial charge in [-0.2, -0.15) is 5.10 Å². The molecule has 1 heterocycles. The van der Waals surface area contributed by atoms with Crippen LogP contribution in [0.2, 0.25) is 0 Å². The average Bonchev–Trinajstić information content (AvgIpc) is 3.25. The Labute approximate surface area is 158 Å². The van der Waals surface area contributed by atoms with Crippen molar-refractivity contribution in [3.05, 3.63) is 46.8 Å². The van der Waals surface area contributed by atoms with Gasteiger partial charge in [-0.15, -0.1) is 0 Å². The second-order valence-electron chi connectivity index (χ2n) is 7.74. The van der Waals surface area contributed by atoms with Gasteiger partial charge < -0.3 is 10.4 Å². The smallest absolute Gasteiger partial charge is 0.306 e. The van der Waals surface area contributed by atoms with Crippen LogP contribution in [0.25, 0.3) is 5.69 Å². The number of carboxylic acid groups (broad SMARTS) is 1. The van der Waals surface area contributed by atoms with E-state index in [9.17, 15) is 9.59 Å². The number of carbonyl (C=O) groups excluding carboxylic acids is 1. The molecule has 2 aliphatic carbocycles. The van der Waals surface area contributed by atoms with Crippen LogP contribution in [-0.4, -0.2) is 32.8 Å². The summed E-state index contributed by atoms with van der Waals surface area (Å²) < 4.78 is 1.91. The zero-order valence-electron chi connectivity index (χ0n) is 15.6. The first-order valence-corrected chi connectivity index (χ1v) is 9.74. The number of carbonyl (C=O) groups is 2. The van der Waals surface area contributed by atoms with Crippen molar-refractivity contribution in [1.29, 1.82) is 0 Å². The molecule has 1 aromatic carbocycles. The van der Waals surface area contributed by atoms with Crippen LogP contribution in [0.5, 0.6) is 0 Å². The molecular weight excluding hydrogens is 342 g/mol. The summed E-state index contributed by atoms with van der Waals surface area (Å²) in [5.74, 6) is -1.13. The van der Waals surface area contributed by atoms with Gasteiger partial charge in [0.15, 0.2) is 5.69 Å². The Morgan fingerprint density at radius 1 is 1.11 bits per heavy atom. The average molecular weight is 367 g/mol. The molecule has 6 heteroatoms. The van der Waals surface area contributed by atoms with Crippen molar-refractivity contribution in [2.24, 2.45) is 5.92 Å². The number of benzene rings is 1. The van der Waals surface area contributed by atoms with Crippen LogP contribution < -0.4 is 5.32 Å². The van der Waals surface area contributed by atoms with E-state index < -0.39 is 5.97 Å². The Morgan fingerprint density at radius 3 is 2.48 bits per heavy atom. The molecule has 0 atom stereocenters. The quantitative estimate of drug-likeness (QED) is 0.870. The van der Waals surface area contributed by atoms with Crippen LogP contribution in [0.1, 0.15) is 59.4 Å². The van der Waals surface area contributed by atoms with Crippen LogP contribution in [0.15, 0.2) is 24.3 Å². The largest absolute Gasteiger partial charge is 0.481 e. The van der Waals surface area contributed by atoms with E-state index in [4.69, 9.17) is 5.11 Å². The maximum absolute atomic E-state index is 12.9. The van der Waals surface area contributed by atoms with Crippen molar-refractivity contribution in [3.63, 3.8) is 0 Å². The zero-order chi connectivity index (χ0) is 19.0. The maximum Gasteiger partial charge on any atom is 0.306 e. The van der Waals surface area contributed by atoms with E-state index >= 15 is 0 Å². The lowest BCUT2D eigenvalue weighted by molar-refractivity contribution is -0.142. The van der Waals surface area contributed by atoms with Crippen molar-refractivity contribution in [2.75, 3.05) is 0 Å². The first-order valence-electron chi connectivity index (χ1n) is 9.74. The first-order chi connectivity index (χ1) is 13.0. The number of aliphatic carboxylic acids is 1. The number of carboxylic acids is 1. The molecular formula is C21H25N3O3. The summed E-state index contributed by atoms with van der Waals surface area (Å²) in [6.07, 6.45) is 5.53. The van der Waals surface area contributed by atoms with Crippen molar-refractivity contribution < 1.29 is 14.7 Å². The molecule has 27 heavy (non-hydrogen) atoms. The molecule has 1 amide bonds. The predicted molar refractivity (Wildman–Crippen MR) is 101 cm³/mol. The van der Waals surface area contributed by atoms with Gasteiger partial charge in [-0.05, 0) is 64.0 Å². The van der Waals surface area contributed by atoms with Gasteiger partial charge in [-0.25, -0.2) is 4.68 Å². The van der Waals surface area contributed by atoms with Crippen LogP contribution in [0.4, 0.5) is 0 Å². The van der Waals surface area contributed by atoms with Gasteiger partial charge in [0.05, 0.1) is 11.6 Å². The molecule has 0 radical (unpaired) electrons. The molecule has 1 saturated carbocycles. The summed E-state index contributed by atoms with van der Waals surface area (Å²) in [6.45, 7) is 2.05. The molecule has 6 nitrogen and oxygen atoms in total. The zero-order valence-corrected chi connectivity index (χ0v) is 15.6. The lowest BCUT2D eigenvalue weighted by Crippen LogP contribution is -2.39. The lowest BCUT2D eigenvalue weighted by atomic mass is 9.86. The number of nitrogens with one attached hydrogen (secondary N) is 1. The fourth-order valence-corrected chi connectivity index (χ4v) is 4.26. The third kappa shape index (κ3) is 3.48. The van der Waals surface area contributed by atoms with E-state index in [-0.39, 0.29) is 17.9 Å². The van der Waals surface area contributed by atoms with E-state index in [1.54, 1.807) is 0 Å². The molecule has 1 fully saturated rings. The predicted octanol–water partition coefficient (Wildman–Crippen LogP) is 3.04. The van der Waals surface area contributed by atoms with Gasteiger partial charge in [0.2, 0.25) is 0 Å². The van der Waals surface area contributed by atoms with Crippen LogP contribution in [0, 0.1) is 12.8 Å². The number of aryl methyl sites for hydroxylation is 1. The monoisotopic (exact) mass is 367 g/mol. The van der Waals surface area contributed by atoms with E-state index in [1.807, 2.05) is 16.8 Å². The van der Waals surface area contributed by atoms with Crippen LogP contribution in [-0.2, 0) is 17.6 Å². The molecule has 4 rings (SSSR count). The van der Waals surface area contributed by atoms with Crippen molar-refractivity contribution >= 4 is 11.9 Å². The fraction of sp³-hybridized carbons (Fsp3) is 0.476. The second kappa shape index (κ2) is 7.18. The highest BCUT2D eigenvalue weighted by Crippen LogP contribution is 2.29. The highest BCUT2D eigenvalue weighted by atomic mass is 16.4.